The van der Waals surface area contributed by atoms with Crippen molar-refractivity contribution < 1.29 is 9.90 Å². The van der Waals surface area contributed by atoms with Crippen LogP contribution in [0.4, 0.5) is 0 Å². The molecular formula is C15H17ClN2O2. The molecule has 0 radical (unpaired) electrons. The van der Waals surface area contributed by atoms with Gasteiger partial charge in [-0.1, -0.05) is 24.6 Å². The molecule has 5 heteroatoms. The van der Waals surface area contributed by atoms with E-state index in [1.54, 1.807) is 18.3 Å². The highest BCUT2D eigenvalue weighted by molar-refractivity contribution is 6.32. The highest BCUT2D eigenvalue weighted by atomic mass is 35.5. The molecule has 0 saturated heterocycles. The second-order valence-electron chi connectivity index (χ2n) is 4.86. The van der Waals surface area contributed by atoms with E-state index < -0.39 is 0 Å². The molecule has 106 valence electrons. The number of carbonyl (C=O) groups excluding carboxylic acids is 1. The number of halogens is 1. The monoisotopic (exact) mass is 292 g/mol. The molecule has 1 amide bonds. The summed E-state index contributed by atoms with van der Waals surface area (Å²) >= 11 is 6.04. The van der Waals surface area contributed by atoms with Crippen LogP contribution in [0.3, 0.4) is 0 Å². The lowest BCUT2D eigenvalue weighted by atomic mass is 10.1. The summed E-state index contributed by atoms with van der Waals surface area (Å²) in [7, 11) is 0. The summed E-state index contributed by atoms with van der Waals surface area (Å²) in [4.78, 5) is 16.5. The van der Waals surface area contributed by atoms with Gasteiger partial charge in [0, 0.05) is 29.8 Å². The summed E-state index contributed by atoms with van der Waals surface area (Å²) in [6.07, 6.45) is 2.32. The van der Waals surface area contributed by atoms with Crippen molar-refractivity contribution in [3.8, 4) is 0 Å². The van der Waals surface area contributed by atoms with Gasteiger partial charge in [-0.25, -0.2) is 0 Å². The Morgan fingerprint density at radius 3 is 3.05 bits per heavy atom. The van der Waals surface area contributed by atoms with E-state index in [0.717, 1.165) is 5.39 Å². The summed E-state index contributed by atoms with van der Waals surface area (Å²) in [6, 6.07) is 7.10. The van der Waals surface area contributed by atoms with Crippen molar-refractivity contribution in [1.82, 2.24) is 10.3 Å². The van der Waals surface area contributed by atoms with E-state index in [4.69, 9.17) is 16.7 Å². The smallest absolute Gasteiger partial charge is 0.253 e. The van der Waals surface area contributed by atoms with Gasteiger partial charge >= 0.3 is 0 Å². The van der Waals surface area contributed by atoms with Gasteiger partial charge in [0.15, 0.2) is 0 Å². The maximum atomic E-state index is 12.2. The largest absolute Gasteiger partial charge is 0.396 e. The van der Waals surface area contributed by atoms with Crippen molar-refractivity contribution in [2.45, 2.75) is 13.3 Å². The first-order valence-electron chi connectivity index (χ1n) is 6.55. The molecule has 0 aliphatic rings. The van der Waals surface area contributed by atoms with Crippen LogP contribution in [0.2, 0.25) is 5.02 Å². The molecule has 1 aromatic heterocycles. The molecule has 20 heavy (non-hydrogen) atoms. The number of aliphatic hydroxyl groups excluding tert-OH is 1. The van der Waals surface area contributed by atoms with E-state index in [2.05, 4.69) is 10.3 Å². The summed E-state index contributed by atoms with van der Waals surface area (Å²) in [5.74, 6) is 0.0309. The molecule has 2 aromatic rings. The van der Waals surface area contributed by atoms with Crippen LogP contribution < -0.4 is 5.32 Å². The Morgan fingerprint density at radius 1 is 1.50 bits per heavy atom. The number of nitrogens with one attached hydrogen (secondary N) is 1. The van der Waals surface area contributed by atoms with Crippen LogP contribution in [0.25, 0.3) is 10.9 Å². The zero-order chi connectivity index (χ0) is 14.5. The Hall–Kier alpha value is -1.65. The maximum absolute atomic E-state index is 12.2. The zero-order valence-corrected chi connectivity index (χ0v) is 12.0. The van der Waals surface area contributed by atoms with Crippen LogP contribution in [0.5, 0.6) is 0 Å². The van der Waals surface area contributed by atoms with Crippen LogP contribution in [0, 0.1) is 5.92 Å². The molecule has 1 aromatic carbocycles. The molecule has 0 saturated carbocycles. The topological polar surface area (TPSA) is 62.2 Å². The second-order valence-corrected chi connectivity index (χ2v) is 5.29. The summed E-state index contributed by atoms with van der Waals surface area (Å²) in [5.41, 5.74) is 1.12. The van der Waals surface area contributed by atoms with Gasteiger partial charge in [-0.05, 0) is 30.5 Å². The summed E-state index contributed by atoms with van der Waals surface area (Å²) in [5, 5.41) is 13.1. The van der Waals surface area contributed by atoms with Gasteiger partial charge in [-0.2, -0.15) is 0 Å². The Labute approximate surface area is 122 Å². The van der Waals surface area contributed by atoms with Crippen molar-refractivity contribution in [3.63, 3.8) is 0 Å². The third-order valence-corrected chi connectivity index (χ3v) is 3.37. The number of aromatic nitrogens is 1. The van der Waals surface area contributed by atoms with E-state index in [1.807, 2.05) is 19.1 Å². The van der Waals surface area contributed by atoms with Gasteiger partial charge in [0.05, 0.1) is 11.1 Å². The van der Waals surface area contributed by atoms with Gasteiger partial charge in [-0.3, -0.25) is 9.78 Å². The Bertz CT molecular complexity index is 616. The van der Waals surface area contributed by atoms with Crippen LogP contribution in [-0.2, 0) is 0 Å². The van der Waals surface area contributed by atoms with Crippen LogP contribution in [0.1, 0.15) is 23.7 Å². The van der Waals surface area contributed by atoms with E-state index in [-0.39, 0.29) is 18.4 Å². The number of aliphatic hydroxyl groups is 1. The lowest BCUT2D eigenvalue weighted by Gasteiger charge is -2.12. The quantitative estimate of drug-likeness (QED) is 0.890. The highest BCUT2D eigenvalue weighted by Gasteiger charge is 2.13. The molecule has 1 heterocycles. The Morgan fingerprint density at radius 2 is 2.30 bits per heavy atom. The minimum atomic E-state index is -0.194. The number of fused-ring (bicyclic) bond motifs is 1. The van der Waals surface area contributed by atoms with Gasteiger partial charge in [0.25, 0.3) is 5.91 Å². The first kappa shape index (κ1) is 14.8. The first-order valence-corrected chi connectivity index (χ1v) is 6.93. The fourth-order valence-corrected chi connectivity index (χ4v) is 2.24. The molecular weight excluding hydrogens is 276 g/mol. The zero-order valence-electron chi connectivity index (χ0n) is 11.3. The summed E-state index contributed by atoms with van der Waals surface area (Å²) < 4.78 is 0. The Kier molecular flexibility index (Phi) is 4.93. The van der Waals surface area contributed by atoms with Crippen molar-refractivity contribution in [1.29, 1.82) is 0 Å². The molecule has 1 atom stereocenters. The standard InChI is InChI=1S/C15H17ClN2O2/c1-10(4-6-19)9-18-15(20)13-8-12(16)7-11-3-2-5-17-14(11)13/h2-3,5,7-8,10,19H,4,6,9H2,1H3,(H,18,20). The number of hydrogen-bond donors (Lipinski definition) is 2. The van der Waals surface area contributed by atoms with E-state index in [9.17, 15) is 4.79 Å². The number of amides is 1. The van der Waals surface area contributed by atoms with Crippen molar-refractivity contribution in [3.05, 3.63) is 41.0 Å². The molecule has 2 rings (SSSR count). The SMILES string of the molecule is CC(CCO)CNC(=O)c1cc(Cl)cc2cccnc12. The minimum Gasteiger partial charge on any atom is -0.396 e. The molecule has 0 aliphatic carbocycles. The van der Waals surface area contributed by atoms with Crippen LogP contribution >= 0.6 is 11.6 Å². The molecule has 0 bridgehead atoms. The summed E-state index contributed by atoms with van der Waals surface area (Å²) in [6.45, 7) is 2.61. The number of benzene rings is 1. The first-order chi connectivity index (χ1) is 9.61. The minimum absolute atomic E-state index is 0.124. The van der Waals surface area contributed by atoms with E-state index in [1.165, 1.54) is 0 Å². The normalized spacial score (nSPS) is 12.3. The van der Waals surface area contributed by atoms with Crippen molar-refractivity contribution in [2.24, 2.45) is 5.92 Å². The third-order valence-electron chi connectivity index (χ3n) is 3.15. The predicted octanol–water partition coefficient (Wildman–Crippen LogP) is 2.64. The molecule has 0 spiro atoms. The Balaban J connectivity index is 2.21. The number of carbonyl (C=O) groups is 1. The van der Waals surface area contributed by atoms with Gasteiger partial charge < -0.3 is 10.4 Å². The average Bonchev–Trinajstić information content (AvgIpc) is 2.44. The average molecular weight is 293 g/mol. The highest BCUT2D eigenvalue weighted by Crippen LogP contribution is 2.22. The van der Waals surface area contributed by atoms with Crippen LogP contribution in [0.15, 0.2) is 30.5 Å². The fraction of sp³-hybridized carbons (Fsp3) is 0.333. The van der Waals surface area contributed by atoms with Gasteiger partial charge in [-0.15, -0.1) is 0 Å². The third kappa shape index (κ3) is 3.46. The molecule has 1 unspecified atom stereocenters. The molecule has 0 aliphatic heterocycles. The van der Waals surface area contributed by atoms with Crippen molar-refractivity contribution >= 4 is 28.4 Å². The number of rotatable bonds is 5. The lowest BCUT2D eigenvalue weighted by molar-refractivity contribution is 0.0947. The number of pyridine rings is 1. The van der Waals surface area contributed by atoms with E-state index >= 15 is 0 Å². The maximum Gasteiger partial charge on any atom is 0.253 e. The van der Waals surface area contributed by atoms with Gasteiger partial charge in [0.1, 0.15) is 0 Å². The second kappa shape index (κ2) is 6.68. The predicted molar refractivity (Wildman–Crippen MR) is 80.0 cm³/mol. The lowest BCUT2D eigenvalue weighted by Crippen LogP contribution is -2.29. The number of hydrogen-bond acceptors (Lipinski definition) is 3. The molecule has 2 N–H and O–H groups in total. The van der Waals surface area contributed by atoms with Gasteiger partial charge in [0.2, 0.25) is 0 Å². The molecule has 0 fully saturated rings. The van der Waals surface area contributed by atoms with E-state index in [0.29, 0.717) is 29.1 Å². The van der Waals surface area contributed by atoms with Crippen molar-refractivity contribution in [2.75, 3.05) is 13.2 Å². The van der Waals surface area contributed by atoms with Crippen LogP contribution in [-0.4, -0.2) is 29.1 Å². The fourth-order valence-electron chi connectivity index (χ4n) is 2.01. The number of nitrogens with zero attached hydrogens (tertiary/aromatic N) is 1. The molecule has 4 nitrogen and oxygen atoms in total.